The van der Waals surface area contributed by atoms with Crippen molar-refractivity contribution in [1.82, 2.24) is 15.1 Å². The smallest absolute Gasteiger partial charge is 0.318 e. The zero-order chi connectivity index (χ0) is 24.2. The van der Waals surface area contributed by atoms with Gasteiger partial charge in [0.2, 0.25) is 5.91 Å². The minimum atomic E-state index is -0.676. The Hall–Kier alpha value is -2.86. The van der Waals surface area contributed by atoms with Crippen LogP contribution in [0.4, 0.5) is 4.79 Å². The lowest BCUT2D eigenvalue weighted by molar-refractivity contribution is -0.130. The van der Waals surface area contributed by atoms with Crippen molar-refractivity contribution in [2.45, 2.75) is 51.6 Å². The van der Waals surface area contributed by atoms with Gasteiger partial charge in [-0.15, -0.1) is 0 Å². The summed E-state index contributed by atoms with van der Waals surface area (Å²) in [5, 5.41) is 13.1. The van der Waals surface area contributed by atoms with E-state index in [1.54, 1.807) is 19.0 Å². The van der Waals surface area contributed by atoms with Gasteiger partial charge in [-0.05, 0) is 36.3 Å². The monoisotopic (exact) mass is 453 g/mol. The molecule has 6 heteroatoms. The summed E-state index contributed by atoms with van der Waals surface area (Å²) < 4.78 is 0. The van der Waals surface area contributed by atoms with Crippen molar-refractivity contribution in [3.8, 4) is 0 Å². The number of nitrogens with zero attached hydrogens (tertiary/aromatic N) is 2. The Bertz CT molecular complexity index is 840. The van der Waals surface area contributed by atoms with E-state index in [2.05, 4.69) is 31.3 Å². The van der Waals surface area contributed by atoms with Gasteiger partial charge in [-0.2, -0.15) is 0 Å². The normalized spacial score (nSPS) is 12.8. The van der Waals surface area contributed by atoms with Gasteiger partial charge in [0.05, 0.1) is 12.6 Å². The summed E-state index contributed by atoms with van der Waals surface area (Å²) in [6, 6.07) is 18.5. The molecule has 0 aromatic heterocycles. The molecule has 1 unspecified atom stereocenters. The number of carbonyl (C=O) groups is 2. The third-order valence-corrected chi connectivity index (χ3v) is 5.79. The minimum Gasteiger partial charge on any atom is -0.394 e. The molecule has 2 rings (SSSR count). The number of aliphatic hydroxyl groups excluding tert-OH is 1. The van der Waals surface area contributed by atoms with Crippen LogP contribution in [0.5, 0.6) is 0 Å². The molecule has 0 spiro atoms. The maximum Gasteiger partial charge on any atom is 0.318 e. The molecule has 0 bridgehead atoms. The number of hydrogen-bond acceptors (Lipinski definition) is 3. The molecule has 180 valence electrons. The van der Waals surface area contributed by atoms with Crippen molar-refractivity contribution in [2.75, 3.05) is 27.2 Å². The highest BCUT2D eigenvalue weighted by atomic mass is 16.3. The molecule has 2 aromatic rings. The predicted octanol–water partition coefficient (Wildman–Crippen LogP) is 3.74. The number of hydrogen-bond donors (Lipinski definition) is 2. The first kappa shape index (κ1) is 26.4. The van der Waals surface area contributed by atoms with Gasteiger partial charge >= 0.3 is 6.03 Å². The summed E-state index contributed by atoms with van der Waals surface area (Å²) in [5.74, 6) is 0.262. The molecular formula is C27H39N3O3. The van der Waals surface area contributed by atoms with Gasteiger partial charge in [-0.3, -0.25) is 4.79 Å². The first-order valence-electron chi connectivity index (χ1n) is 11.8. The molecule has 2 atom stereocenters. The molecule has 0 saturated carbocycles. The van der Waals surface area contributed by atoms with E-state index in [1.165, 1.54) is 10.5 Å². The fourth-order valence-corrected chi connectivity index (χ4v) is 3.76. The van der Waals surface area contributed by atoms with Crippen LogP contribution >= 0.6 is 0 Å². The second-order valence-electron chi connectivity index (χ2n) is 9.16. The number of aryl methyl sites for hydroxylation is 1. The van der Waals surface area contributed by atoms with Crippen molar-refractivity contribution < 1.29 is 14.7 Å². The van der Waals surface area contributed by atoms with E-state index in [1.807, 2.05) is 48.5 Å². The zero-order valence-electron chi connectivity index (χ0n) is 20.4. The van der Waals surface area contributed by atoms with Gasteiger partial charge in [-0.25, -0.2) is 4.79 Å². The standard InChI is InChI=1S/C27H39N3O3/c1-21(2)17-18-30(24(20-31)16-15-22-11-7-5-8-12-22)27(33)28-25(26(32)29(3)4)19-23-13-9-6-10-14-23/h5-14,21,24-25,31H,15-20H2,1-4H3,(H,28,33)/t24?,25-/m0/s1. The van der Waals surface area contributed by atoms with Crippen LogP contribution in [0.15, 0.2) is 60.7 Å². The number of rotatable bonds is 12. The third-order valence-electron chi connectivity index (χ3n) is 5.79. The lowest BCUT2D eigenvalue weighted by atomic mass is 10.0. The SMILES string of the molecule is CC(C)CCN(C(=O)N[C@@H](Cc1ccccc1)C(=O)N(C)C)C(CO)CCc1ccccc1. The first-order chi connectivity index (χ1) is 15.8. The predicted molar refractivity (Wildman–Crippen MR) is 133 cm³/mol. The maximum atomic E-state index is 13.4. The highest BCUT2D eigenvalue weighted by Gasteiger charge is 2.28. The van der Waals surface area contributed by atoms with Gasteiger partial charge in [0.1, 0.15) is 6.04 Å². The van der Waals surface area contributed by atoms with E-state index in [4.69, 9.17) is 0 Å². The van der Waals surface area contributed by atoms with E-state index < -0.39 is 6.04 Å². The summed E-state index contributed by atoms with van der Waals surface area (Å²) in [6.07, 6.45) is 2.65. The lowest BCUT2D eigenvalue weighted by Crippen LogP contribution is -2.55. The van der Waals surface area contributed by atoms with Crippen LogP contribution in [-0.2, 0) is 17.6 Å². The fourth-order valence-electron chi connectivity index (χ4n) is 3.76. The van der Waals surface area contributed by atoms with Crippen LogP contribution in [0.25, 0.3) is 0 Å². The average Bonchev–Trinajstić information content (AvgIpc) is 2.81. The van der Waals surface area contributed by atoms with Crippen molar-refractivity contribution in [3.05, 3.63) is 71.8 Å². The zero-order valence-corrected chi connectivity index (χ0v) is 20.4. The number of nitrogens with one attached hydrogen (secondary N) is 1. The topological polar surface area (TPSA) is 72.9 Å². The summed E-state index contributed by atoms with van der Waals surface area (Å²) in [4.78, 5) is 29.5. The number of amides is 3. The number of carbonyl (C=O) groups excluding carboxylic acids is 2. The van der Waals surface area contributed by atoms with Crippen LogP contribution in [0, 0.1) is 5.92 Å². The largest absolute Gasteiger partial charge is 0.394 e. The third kappa shape index (κ3) is 8.89. The van der Waals surface area contributed by atoms with Crippen LogP contribution in [-0.4, -0.2) is 66.2 Å². The first-order valence-corrected chi connectivity index (χ1v) is 11.8. The Balaban J connectivity index is 2.17. The van der Waals surface area contributed by atoms with Gasteiger partial charge in [-0.1, -0.05) is 74.5 Å². The summed E-state index contributed by atoms with van der Waals surface area (Å²) in [5.41, 5.74) is 2.15. The summed E-state index contributed by atoms with van der Waals surface area (Å²) >= 11 is 0. The molecule has 0 aliphatic carbocycles. The molecule has 0 fully saturated rings. The molecule has 2 N–H and O–H groups in total. The Kier molecular flexibility index (Phi) is 10.9. The minimum absolute atomic E-state index is 0.122. The number of urea groups is 1. The van der Waals surface area contributed by atoms with E-state index >= 15 is 0 Å². The molecule has 6 nitrogen and oxygen atoms in total. The molecule has 3 amide bonds. The molecule has 0 saturated heterocycles. The van der Waals surface area contributed by atoms with Crippen LogP contribution in [0.3, 0.4) is 0 Å². The van der Waals surface area contributed by atoms with Gasteiger partial charge in [0.15, 0.2) is 0 Å². The maximum absolute atomic E-state index is 13.4. The lowest BCUT2D eigenvalue weighted by Gasteiger charge is -2.33. The molecule has 33 heavy (non-hydrogen) atoms. The van der Waals surface area contributed by atoms with E-state index in [0.717, 1.165) is 18.4 Å². The Labute approximate surface area is 198 Å². The van der Waals surface area contributed by atoms with Crippen LogP contribution in [0.1, 0.15) is 37.8 Å². The van der Waals surface area contributed by atoms with Crippen molar-refractivity contribution >= 4 is 11.9 Å². The molecule has 0 radical (unpaired) electrons. The summed E-state index contributed by atoms with van der Waals surface area (Å²) in [6.45, 7) is 4.63. The van der Waals surface area contributed by atoms with Gasteiger partial charge in [0.25, 0.3) is 0 Å². The summed E-state index contributed by atoms with van der Waals surface area (Å²) in [7, 11) is 3.39. The van der Waals surface area contributed by atoms with Crippen LogP contribution in [0.2, 0.25) is 0 Å². The second-order valence-corrected chi connectivity index (χ2v) is 9.16. The highest BCUT2D eigenvalue weighted by Crippen LogP contribution is 2.14. The Morgan fingerprint density at radius 1 is 0.909 bits per heavy atom. The highest BCUT2D eigenvalue weighted by molar-refractivity contribution is 5.87. The van der Waals surface area contributed by atoms with Gasteiger partial charge < -0.3 is 20.2 Å². The number of aliphatic hydroxyl groups is 1. The molecule has 0 heterocycles. The van der Waals surface area contributed by atoms with Crippen molar-refractivity contribution in [3.63, 3.8) is 0 Å². The Morgan fingerprint density at radius 2 is 1.48 bits per heavy atom. The van der Waals surface area contributed by atoms with Crippen molar-refractivity contribution in [1.29, 1.82) is 0 Å². The van der Waals surface area contributed by atoms with E-state index in [0.29, 0.717) is 25.3 Å². The molecular weight excluding hydrogens is 414 g/mol. The molecule has 0 aliphatic heterocycles. The number of benzene rings is 2. The van der Waals surface area contributed by atoms with Crippen LogP contribution < -0.4 is 5.32 Å². The van der Waals surface area contributed by atoms with E-state index in [-0.39, 0.29) is 24.6 Å². The fraction of sp³-hybridized carbons (Fsp3) is 0.481. The van der Waals surface area contributed by atoms with Gasteiger partial charge in [0, 0.05) is 27.1 Å². The quantitative estimate of drug-likeness (QED) is 0.514. The second kappa shape index (κ2) is 13.6. The number of likely N-dealkylation sites (N-methyl/N-ethyl adjacent to an activating group) is 1. The van der Waals surface area contributed by atoms with E-state index in [9.17, 15) is 14.7 Å². The molecule has 0 aliphatic rings. The average molecular weight is 454 g/mol. The Morgan fingerprint density at radius 3 is 2.00 bits per heavy atom. The molecule has 2 aromatic carbocycles. The van der Waals surface area contributed by atoms with Crippen molar-refractivity contribution in [2.24, 2.45) is 5.92 Å².